The van der Waals surface area contributed by atoms with Crippen molar-refractivity contribution in [1.82, 2.24) is 5.32 Å². The van der Waals surface area contributed by atoms with Gasteiger partial charge < -0.3 is 10.4 Å². The monoisotopic (exact) mass is 215 g/mol. The van der Waals surface area contributed by atoms with Crippen LogP contribution < -0.4 is 5.32 Å². The van der Waals surface area contributed by atoms with E-state index in [9.17, 15) is 4.79 Å². The summed E-state index contributed by atoms with van der Waals surface area (Å²) in [5, 5.41) is 11.5. The van der Waals surface area contributed by atoms with Crippen LogP contribution in [0, 0.1) is 5.41 Å². The first-order valence-corrected chi connectivity index (χ1v) is 5.93. The van der Waals surface area contributed by atoms with Crippen molar-refractivity contribution in [2.45, 2.75) is 52.9 Å². The first-order valence-electron chi connectivity index (χ1n) is 5.93. The molecule has 0 bridgehead atoms. The summed E-state index contributed by atoms with van der Waals surface area (Å²) in [6, 6.07) is 0. The fourth-order valence-electron chi connectivity index (χ4n) is 1.19. The Balaban J connectivity index is 3.47. The highest BCUT2D eigenvalue weighted by atomic mass is 16.2. The molecule has 0 aliphatic heterocycles. The summed E-state index contributed by atoms with van der Waals surface area (Å²) in [7, 11) is 0. The number of unbranched alkanes of at least 4 members (excludes halogenated alkanes) is 3. The van der Waals surface area contributed by atoms with Gasteiger partial charge in [-0.3, -0.25) is 4.79 Å². The minimum Gasteiger partial charge on any atom is -0.396 e. The number of hydrogen-bond acceptors (Lipinski definition) is 2. The fraction of sp³-hybridized carbons (Fsp3) is 0.917. The molecule has 90 valence electrons. The number of rotatable bonds is 8. The van der Waals surface area contributed by atoms with Crippen LogP contribution in [0.15, 0.2) is 0 Å². The molecule has 0 saturated carbocycles. The van der Waals surface area contributed by atoms with E-state index < -0.39 is 0 Å². The molecule has 0 aromatic rings. The predicted molar refractivity (Wildman–Crippen MR) is 62.6 cm³/mol. The molecule has 0 aliphatic carbocycles. The van der Waals surface area contributed by atoms with Crippen molar-refractivity contribution in [2.24, 2.45) is 5.41 Å². The van der Waals surface area contributed by atoms with Crippen molar-refractivity contribution >= 4 is 5.91 Å². The van der Waals surface area contributed by atoms with Gasteiger partial charge in [-0.1, -0.05) is 33.6 Å². The topological polar surface area (TPSA) is 49.3 Å². The Hall–Kier alpha value is -0.570. The predicted octanol–water partition coefficient (Wildman–Crippen LogP) is 2.09. The third kappa shape index (κ3) is 6.50. The molecular formula is C12H25NO2. The first-order chi connectivity index (χ1) is 7.04. The Kier molecular flexibility index (Phi) is 7.39. The molecule has 0 saturated heterocycles. The highest BCUT2D eigenvalue weighted by Crippen LogP contribution is 2.19. The average Bonchev–Trinajstić information content (AvgIpc) is 2.22. The van der Waals surface area contributed by atoms with Gasteiger partial charge >= 0.3 is 0 Å². The lowest BCUT2D eigenvalue weighted by atomic mass is 9.89. The van der Waals surface area contributed by atoms with Gasteiger partial charge in [0.2, 0.25) is 5.91 Å². The van der Waals surface area contributed by atoms with Gasteiger partial charge in [0.25, 0.3) is 0 Å². The van der Waals surface area contributed by atoms with E-state index in [1.807, 2.05) is 20.8 Å². The fourth-order valence-corrected chi connectivity index (χ4v) is 1.19. The highest BCUT2D eigenvalue weighted by molar-refractivity contribution is 5.81. The number of carbonyl (C=O) groups excluding carboxylic acids is 1. The zero-order valence-electron chi connectivity index (χ0n) is 10.3. The Morgan fingerprint density at radius 2 is 1.80 bits per heavy atom. The van der Waals surface area contributed by atoms with Crippen molar-refractivity contribution in [3.8, 4) is 0 Å². The molecule has 2 N–H and O–H groups in total. The van der Waals surface area contributed by atoms with Crippen LogP contribution in [0.25, 0.3) is 0 Å². The lowest BCUT2D eigenvalue weighted by Gasteiger charge is -2.21. The summed E-state index contributed by atoms with van der Waals surface area (Å²) in [4.78, 5) is 11.6. The standard InChI is InChI=1S/C12H25NO2/c1-4-12(2,3)11(15)13-9-7-5-6-8-10-14/h14H,4-10H2,1-3H3,(H,13,15). The van der Waals surface area contributed by atoms with Crippen LogP contribution in [0.4, 0.5) is 0 Å². The Labute approximate surface area is 93.3 Å². The van der Waals surface area contributed by atoms with Crippen molar-refractivity contribution < 1.29 is 9.90 Å². The molecule has 0 aromatic heterocycles. The maximum absolute atomic E-state index is 11.6. The number of amides is 1. The molecule has 0 atom stereocenters. The van der Waals surface area contributed by atoms with E-state index in [4.69, 9.17) is 5.11 Å². The van der Waals surface area contributed by atoms with Crippen LogP contribution in [0.1, 0.15) is 52.9 Å². The number of carbonyl (C=O) groups is 1. The van der Waals surface area contributed by atoms with Crippen LogP contribution in [0.5, 0.6) is 0 Å². The maximum Gasteiger partial charge on any atom is 0.225 e. The van der Waals surface area contributed by atoms with Crippen LogP contribution in [0.2, 0.25) is 0 Å². The van der Waals surface area contributed by atoms with E-state index in [0.29, 0.717) is 0 Å². The summed E-state index contributed by atoms with van der Waals surface area (Å²) in [5.74, 6) is 0.146. The average molecular weight is 215 g/mol. The molecule has 3 nitrogen and oxygen atoms in total. The summed E-state index contributed by atoms with van der Waals surface area (Å²) in [6.45, 7) is 6.99. The van der Waals surface area contributed by atoms with Crippen LogP contribution in [-0.4, -0.2) is 24.2 Å². The minimum atomic E-state index is -0.245. The van der Waals surface area contributed by atoms with Gasteiger partial charge in [0.05, 0.1) is 0 Å². The lowest BCUT2D eigenvalue weighted by molar-refractivity contribution is -0.129. The Morgan fingerprint density at radius 3 is 2.33 bits per heavy atom. The molecule has 15 heavy (non-hydrogen) atoms. The summed E-state index contributed by atoms with van der Waals surface area (Å²) >= 11 is 0. The van der Waals surface area contributed by atoms with Gasteiger partial charge in [0, 0.05) is 18.6 Å². The minimum absolute atomic E-state index is 0.146. The van der Waals surface area contributed by atoms with E-state index in [2.05, 4.69) is 5.32 Å². The lowest BCUT2D eigenvalue weighted by Crippen LogP contribution is -2.36. The number of nitrogens with one attached hydrogen (secondary N) is 1. The van der Waals surface area contributed by atoms with Crippen molar-refractivity contribution in [3.05, 3.63) is 0 Å². The molecular weight excluding hydrogens is 190 g/mol. The molecule has 0 rings (SSSR count). The molecule has 0 fully saturated rings. The Morgan fingerprint density at radius 1 is 1.20 bits per heavy atom. The van der Waals surface area contributed by atoms with Crippen LogP contribution >= 0.6 is 0 Å². The van der Waals surface area contributed by atoms with E-state index in [1.54, 1.807) is 0 Å². The second kappa shape index (κ2) is 7.69. The summed E-state index contributed by atoms with van der Waals surface area (Å²) < 4.78 is 0. The first kappa shape index (κ1) is 14.4. The smallest absolute Gasteiger partial charge is 0.225 e. The van der Waals surface area contributed by atoms with E-state index in [0.717, 1.165) is 38.6 Å². The molecule has 0 spiro atoms. The number of hydrogen-bond donors (Lipinski definition) is 2. The molecule has 0 unspecified atom stereocenters. The van der Waals surface area contributed by atoms with Crippen molar-refractivity contribution in [3.63, 3.8) is 0 Å². The van der Waals surface area contributed by atoms with Gasteiger partial charge in [-0.05, 0) is 19.3 Å². The molecule has 1 amide bonds. The molecule has 0 aromatic carbocycles. The Bertz CT molecular complexity index is 178. The quantitative estimate of drug-likeness (QED) is 0.609. The summed E-state index contributed by atoms with van der Waals surface area (Å²) in [5.41, 5.74) is -0.245. The van der Waals surface area contributed by atoms with Gasteiger partial charge in [-0.15, -0.1) is 0 Å². The van der Waals surface area contributed by atoms with Gasteiger partial charge in [-0.25, -0.2) is 0 Å². The van der Waals surface area contributed by atoms with Crippen LogP contribution in [-0.2, 0) is 4.79 Å². The summed E-state index contributed by atoms with van der Waals surface area (Å²) in [6.07, 6.45) is 4.86. The maximum atomic E-state index is 11.6. The molecule has 0 heterocycles. The van der Waals surface area contributed by atoms with E-state index in [-0.39, 0.29) is 17.9 Å². The van der Waals surface area contributed by atoms with Gasteiger partial charge in [0.15, 0.2) is 0 Å². The second-order valence-electron chi connectivity index (χ2n) is 4.63. The van der Waals surface area contributed by atoms with Crippen molar-refractivity contribution in [2.75, 3.05) is 13.2 Å². The van der Waals surface area contributed by atoms with Gasteiger partial charge in [-0.2, -0.15) is 0 Å². The zero-order valence-corrected chi connectivity index (χ0v) is 10.3. The van der Waals surface area contributed by atoms with E-state index in [1.165, 1.54) is 0 Å². The largest absolute Gasteiger partial charge is 0.396 e. The SMILES string of the molecule is CCC(C)(C)C(=O)NCCCCCCO. The van der Waals surface area contributed by atoms with Crippen molar-refractivity contribution in [1.29, 1.82) is 0 Å². The third-order valence-corrected chi connectivity index (χ3v) is 2.87. The zero-order chi connectivity index (χ0) is 11.7. The highest BCUT2D eigenvalue weighted by Gasteiger charge is 2.24. The number of aliphatic hydroxyl groups is 1. The third-order valence-electron chi connectivity index (χ3n) is 2.87. The molecule has 0 radical (unpaired) electrons. The normalized spacial score (nSPS) is 11.5. The molecule has 3 heteroatoms. The van der Waals surface area contributed by atoms with Gasteiger partial charge in [0.1, 0.15) is 0 Å². The molecule has 0 aliphatic rings. The second-order valence-corrected chi connectivity index (χ2v) is 4.63. The van der Waals surface area contributed by atoms with Crippen LogP contribution in [0.3, 0.4) is 0 Å². The van der Waals surface area contributed by atoms with E-state index >= 15 is 0 Å². The number of aliphatic hydroxyl groups excluding tert-OH is 1.